The van der Waals surface area contributed by atoms with Crippen LogP contribution in [-0.4, -0.2) is 58.2 Å². The van der Waals surface area contributed by atoms with Crippen molar-refractivity contribution in [1.82, 2.24) is 20.3 Å². The van der Waals surface area contributed by atoms with Crippen LogP contribution in [0.2, 0.25) is 0 Å². The maximum absolute atomic E-state index is 12.7. The van der Waals surface area contributed by atoms with Gasteiger partial charge in [-0.05, 0) is 36.4 Å². The Hall–Kier alpha value is -3.99. The average Bonchev–Trinajstić information content (AvgIpc) is 2.77. The van der Waals surface area contributed by atoms with E-state index in [4.69, 9.17) is 0 Å². The van der Waals surface area contributed by atoms with Crippen molar-refractivity contribution in [3.05, 3.63) is 66.9 Å². The summed E-state index contributed by atoms with van der Waals surface area (Å²) < 4.78 is 16.1. The largest absolute Gasteiger partial charge is 0.378 e. The fourth-order valence-electron chi connectivity index (χ4n) is 2.83. The van der Waals surface area contributed by atoms with Crippen LogP contribution in [0.4, 0.5) is 34.8 Å². The molecule has 2 aromatic heterocycles. The van der Waals surface area contributed by atoms with E-state index in [0.29, 0.717) is 24.1 Å². The monoisotopic (exact) mass is 482 g/mol. The summed E-state index contributed by atoms with van der Waals surface area (Å²) in [5.74, 6) is 0.887. The molecule has 0 fully saturated rings. The molecule has 0 saturated carbocycles. The van der Waals surface area contributed by atoms with Gasteiger partial charge in [0, 0.05) is 61.9 Å². The van der Waals surface area contributed by atoms with E-state index < -0.39 is 9.73 Å². The smallest absolute Gasteiger partial charge is 0.256 e. The molecule has 34 heavy (non-hydrogen) atoms. The van der Waals surface area contributed by atoms with Crippen molar-refractivity contribution in [2.75, 3.05) is 48.7 Å². The second-order valence-corrected chi connectivity index (χ2v) is 10.3. The van der Waals surface area contributed by atoms with Gasteiger partial charge in [0.2, 0.25) is 5.95 Å². The van der Waals surface area contributed by atoms with Crippen LogP contribution in [0.1, 0.15) is 11.8 Å². The first-order valence-electron chi connectivity index (χ1n) is 10.4. The van der Waals surface area contributed by atoms with Gasteiger partial charge in [-0.2, -0.15) is 9.35 Å². The predicted molar refractivity (Wildman–Crippen MR) is 140 cm³/mol. The van der Waals surface area contributed by atoms with Gasteiger partial charge in [-0.1, -0.05) is 12.1 Å². The van der Waals surface area contributed by atoms with Gasteiger partial charge in [-0.3, -0.25) is 4.79 Å². The van der Waals surface area contributed by atoms with Crippen LogP contribution in [-0.2, 0) is 9.73 Å². The molecule has 3 aromatic rings. The lowest BCUT2D eigenvalue weighted by Gasteiger charge is -2.14. The molecule has 11 heteroatoms. The Morgan fingerprint density at radius 2 is 1.88 bits per heavy atom. The minimum Gasteiger partial charge on any atom is -0.378 e. The van der Waals surface area contributed by atoms with Crippen molar-refractivity contribution < 1.29 is 10.4 Å². The van der Waals surface area contributed by atoms with Crippen LogP contribution in [0.15, 0.2) is 65.7 Å². The number of carbonyl (C=O) groups excluding carboxylic acids is 1. The Morgan fingerprint density at radius 3 is 2.53 bits per heavy atom. The summed E-state index contributed by atoms with van der Waals surface area (Å²) in [4.78, 5) is 27.8. The maximum Gasteiger partial charge on any atom is 0.256 e. The van der Waals surface area contributed by atoms with E-state index in [1.807, 2.05) is 43.3 Å². The highest BCUT2D eigenvalue weighted by atomic mass is 32.2. The molecule has 3 N–H and O–H groups in total. The zero-order valence-electron chi connectivity index (χ0n) is 19.6. The third-order valence-electron chi connectivity index (χ3n) is 4.37. The van der Waals surface area contributed by atoms with E-state index >= 15 is 0 Å². The molecule has 0 aliphatic rings. The van der Waals surface area contributed by atoms with E-state index in [2.05, 4.69) is 41.8 Å². The topological polar surface area (TPSA) is 125 Å². The van der Waals surface area contributed by atoms with Gasteiger partial charge in [0.05, 0.1) is 0 Å². The lowest BCUT2D eigenvalue weighted by molar-refractivity contribution is 0.0958. The van der Waals surface area contributed by atoms with Crippen LogP contribution in [0.3, 0.4) is 0 Å². The van der Waals surface area contributed by atoms with Crippen molar-refractivity contribution in [2.45, 2.75) is 0 Å². The van der Waals surface area contributed by atoms with Crippen molar-refractivity contribution in [3.8, 4) is 0 Å². The molecule has 10 nitrogen and oxygen atoms in total. The first-order chi connectivity index (χ1) is 16.1. The van der Waals surface area contributed by atoms with Crippen LogP contribution < -0.4 is 20.9 Å². The Balaban J connectivity index is 0.00000432. The lowest BCUT2D eigenvalue weighted by atomic mass is 10.2. The minimum atomic E-state index is -2.38. The second-order valence-electron chi connectivity index (χ2n) is 7.80. The normalized spacial score (nSPS) is 10.8. The van der Waals surface area contributed by atoms with Crippen LogP contribution in [0.5, 0.6) is 0 Å². The number of pyridine rings is 1. The predicted octanol–water partition coefficient (Wildman–Crippen LogP) is 3.95. The molecule has 1 amide bonds. The summed E-state index contributed by atoms with van der Waals surface area (Å²) in [7, 11) is 1.56. The first kappa shape index (κ1) is 24.6. The highest BCUT2D eigenvalue weighted by Gasteiger charge is 2.16. The standard InChI is InChI=1S/C23H28N8O2S.H2/c1-6-14-24-22(32)18-15-25-23(26-16-10-12-17(13-11-16)31(2)3)29-21(18)28-19-8-7-9-20(27-19)30-34(4,5)33;/h6-13,15H,1,14H2,2-5H3,(H,24,32)(H2,25,26,27,28,29);1H. The van der Waals surface area contributed by atoms with Crippen molar-refractivity contribution in [1.29, 1.82) is 0 Å². The zero-order chi connectivity index (χ0) is 24.7. The zero-order valence-corrected chi connectivity index (χ0v) is 20.4. The second kappa shape index (κ2) is 10.8. The highest BCUT2D eigenvalue weighted by Crippen LogP contribution is 2.23. The molecule has 0 spiro atoms. The molecule has 0 aliphatic heterocycles. The molecule has 0 atom stereocenters. The molecular weight excluding hydrogens is 452 g/mol. The fourth-order valence-corrected chi connectivity index (χ4v) is 3.38. The van der Waals surface area contributed by atoms with E-state index in [1.54, 1.807) is 24.3 Å². The Bertz CT molecular complexity index is 1300. The van der Waals surface area contributed by atoms with Gasteiger partial charge in [-0.15, -0.1) is 6.58 Å². The van der Waals surface area contributed by atoms with E-state index in [0.717, 1.165) is 11.4 Å². The summed E-state index contributed by atoms with van der Waals surface area (Å²) in [5, 5.41) is 8.92. The van der Waals surface area contributed by atoms with Crippen molar-refractivity contribution in [2.24, 2.45) is 4.36 Å². The molecule has 0 saturated heterocycles. The number of benzene rings is 1. The maximum atomic E-state index is 12.7. The number of hydrogen-bond donors (Lipinski definition) is 3. The fraction of sp³-hybridized carbons (Fsp3) is 0.217. The SMILES string of the molecule is C=CCNC(=O)c1cnc(Nc2ccc(N(C)C)cc2)nc1Nc1cccc(N=S(C)(C)=O)n1.[HH]. The molecule has 0 radical (unpaired) electrons. The molecule has 0 bridgehead atoms. The quantitative estimate of drug-likeness (QED) is 0.392. The molecule has 0 aliphatic carbocycles. The number of nitrogens with zero attached hydrogens (tertiary/aromatic N) is 5. The Labute approximate surface area is 201 Å². The third kappa shape index (κ3) is 7.01. The number of anilines is 5. The number of amides is 1. The third-order valence-corrected chi connectivity index (χ3v) is 5.00. The van der Waals surface area contributed by atoms with Crippen LogP contribution in [0, 0.1) is 0 Å². The number of nitrogens with one attached hydrogen (secondary N) is 3. The summed E-state index contributed by atoms with van der Waals surface area (Å²) in [5.41, 5.74) is 2.08. The number of hydrogen-bond acceptors (Lipinski definition) is 9. The van der Waals surface area contributed by atoms with Gasteiger partial charge in [-0.25, -0.2) is 14.2 Å². The molecule has 1 aromatic carbocycles. The molecule has 180 valence electrons. The summed E-state index contributed by atoms with van der Waals surface area (Å²) >= 11 is 0. The molecular formula is C23H30N8O2S. The van der Waals surface area contributed by atoms with Crippen molar-refractivity contribution in [3.63, 3.8) is 0 Å². The van der Waals surface area contributed by atoms with Crippen LogP contribution in [0.25, 0.3) is 0 Å². The summed E-state index contributed by atoms with van der Waals surface area (Å²) in [6.45, 7) is 3.91. The Kier molecular flexibility index (Phi) is 7.79. The van der Waals surface area contributed by atoms with E-state index in [1.165, 1.54) is 18.7 Å². The van der Waals surface area contributed by atoms with Crippen molar-refractivity contribution >= 4 is 50.4 Å². The first-order valence-corrected chi connectivity index (χ1v) is 12.7. The van der Waals surface area contributed by atoms with Gasteiger partial charge < -0.3 is 20.9 Å². The number of rotatable bonds is 9. The summed E-state index contributed by atoms with van der Waals surface area (Å²) in [6.07, 6.45) is 6.08. The average molecular weight is 483 g/mol. The summed E-state index contributed by atoms with van der Waals surface area (Å²) in [6, 6.07) is 12.8. The van der Waals surface area contributed by atoms with Gasteiger partial charge >= 0.3 is 0 Å². The number of aromatic nitrogens is 3. The molecule has 2 heterocycles. The van der Waals surface area contributed by atoms with Gasteiger partial charge in [0.1, 0.15) is 17.2 Å². The molecule has 0 unspecified atom stereocenters. The lowest BCUT2D eigenvalue weighted by Crippen LogP contribution is -2.25. The van der Waals surface area contributed by atoms with Crippen LogP contribution >= 0.6 is 0 Å². The molecule has 3 rings (SSSR count). The van der Waals surface area contributed by atoms with E-state index in [-0.39, 0.29) is 18.7 Å². The Morgan fingerprint density at radius 1 is 1.15 bits per heavy atom. The highest BCUT2D eigenvalue weighted by molar-refractivity contribution is 7.92. The number of carbonyl (C=O) groups is 1. The van der Waals surface area contributed by atoms with Gasteiger partial charge in [0.15, 0.2) is 5.82 Å². The van der Waals surface area contributed by atoms with E-state index in [9.17, 15) is 9.00 Å². The van der Waals surface area contributed by atoms with Gasteiger partial charge in [0.25, 0.3) is 5.91 Å². The minimum absolute atomic E-state index is 0.